The van der Waals surface area contributed by atoms with Crippen molar-refractivity contribution in [2.24, 2.45) is 0 Å². The van der Waals surface area contributed by atoms with Crippen LogP contribution in [0.2, 0.25) is 0 Å². The molecule has 0 fully saturated rings. The standard InChI is InChI=1S/C9H14NS2.BrH/c1-9(2,3)7-6-12-8-10(7)4-5-11-8;/h6H,4-5H2,1-3H3;1H/q+1;/p-1. The van der Waals surface area contributed by atoms with Crippen LogP contribution in [0.4, 0.5) is 0 Å². The van der Waals surface area contributed by atoms with Gasteiger partial charge in [-0.2, -0.15) is 4.57 Å². The van der Waals surface area contributed by atoms with Crippen molar-refractivity contribution in [2.75, 3.05) is 5.75 Å². The van der Waals surface area contributed by atoms with E-state index in [-0.39, 0.29) is 17.0 Å². The van der Waals surface area contributed by atoms with E-state index in [1.165, 1.54) is 22.3 Å². The van der Waals surface area contributed by atoms with Gasteiger partial charge in [0.2, 0.25) is 0 Å². The fraction of sp³-hybridized carbons (Fsp3) is 0.667. The number of hydrogen-bond acceptors (Lipinski definition) is 2. The first kappa shape index (κ1) is 11.5. The minimum atomic E-state index is 0. The van der Waals surface area contributed by atoms with Crippen molar-refractivity contribution in [3.8, 4) is 0 Å². The Morgan fingerprint density at radius 3 is 2.69 bits per heavy atom. The SMILES string of the molecule is CC(C)(C)c1csc2[n+]1CCS2.[Br-]. The molecule has 0 saturated heterocycles. The normalized spacial score (nSPS) is 15.3. The summed E-state index contributed by atoms with van der Waals surface area (Å²) >= 11 is 3.88. The summed E-state index contributed by atoms with van der Waals surface area (Å²) in [5.41, 5.74) is 1.80. The number of rotatable bonds is 0. The third kappa shape index (κ3) is 2.10. The van der Waals surface area contributed by atoms with Crippen LogP contribution in [0.3, 0.4) is 0 Å². The highest BCUT2D eigenvalue weighted by atomic mass is 79.9. The molecule has 0 amide bonds. The zero-order valence-corrected chi connectivity index (χ0v) is 11.4. The zero-order chi connectivity index (χ0) is 8.77. The second-order valence-corrected chi connectivity index (χ2v) is 6.34. The number of aromatic nitrogens is 1. The lowest BCUT2D eigenvalue weighted by atomic mass is 9.93. The van der Waals surface area contributed by atoms with E-state index in [0.29, 0.717) is 5.41 Å². The number of nitrogens with zero attached hydrogens (tertiary/aromatic N) is 1. The summed E-state index contributed by atoms with van der Waals surface area (Å²) in [5, 5.41) is 2.31. The molecular formula is C9H14BrNS2. The zero-order valence-electron chi connectivity index (χ0n) is 8.13. The predicted molar refractivity (Wildman–Crippen MR) is 53.9 cm³/mol. The summed E-state index contributed by atoms with van der Waals surface area (Å²) in [5.74, 6) is 1.26. The number of hydrogen-bond donors (Lipinski definition) is 0. The van der Waals surface area contributed by atoms with Crippen LogP contribution in [-0.4, -0.2) is 5.75 Å². The molecule has 1 nitrogen and oxygen atoms in total. The number of fused-ring (bicyclic) bond motifs is 1. The smallest absolute Gasteiger partial charge is 0.297 e. The molecule has 13 heavy (non-hydrogen) atoms. The Morgan fingerprint density at radius 2 is 2.08 bits per heavy atom. The van der Waals surface area contributed by atoms with E-state index in [4.69, 9.17) is 0 Å². The van der Waals surface area contributed by atoms with Gasteiger partial charge in [-0.15, -0.1) is 0 Å². The van der Waals surface area contributed by atoms with Crippen LogP contribution >= 0.6 is 23.1 Å². The molecule has 0 aliphatic carbocycles. The molecule has 4 heteroatoms. The fourth-order valence-electron chi connectivity index (χ4n) is 1.46. The van der Waals surface area contributed by atoms with E-state index in [2.05, 4.69) is 30.7 Å². The Labute approximate surface area is 98.3 Å². The lowest BCUT2D eigenvalue weighted by Crippen LogP contribution is -3.00. The van der Waals surface area contributed by atoms with Gasteiger partial charge in [-0.25, -0.2) is 0 Å². The van der Waals surface area contributed by atoms with Gasteiger partial charge < -0.3 is 17.0 Å². The Bertz CT molecular complexity index is 301. The highest BCUT2D eigenvalue weighted by Crippen LogP contribution is 2.30. The molecule has 2 rings (SSSR count). The van der Waals surface area contributed by atoms with Crippen LogP contribution in [0, 0.1) is 0 Å². The van der Waals surface area contributed by atoms with Gasteiger partial charge in [0, 0.05) is 5.41 Å². The Hall–Kier alpha value is 0.460. The molecule has 0 atom stereocenters. The topological polar surface area (TPSA) is 3.88 Å². The van der Waals surface area contributed by atoms with Crippen LogP contribution in [0.15, 0.2) is 9.72 Å². The maximum absolute atomic E-state index is 2.47. The van der Waals surface area contributed by atoms with Crippen LogP contribution in [0.1, 0.15) is 26.5 Å². The van der Waals surface area contributed by atoms with Gasteiger partial charge in [-0.3, -0.25) is 0 Å². The number of thiazole rings is 1. The highest BCUT2D eigenvalue weighted by molar-refractivity contribution is 8.01. The first-order valence-electron chi connectivity index (χ1n) is 4.23. The second-order valence-electron chi connectivity index (χ2n) is 4.14. The molecule has 1 aromatic rings. The van der Waals surface area contributed by atoms with Crippen LogP contribution < -0.4 is 21.5 Å². The van der Waals surface area contributed by atoms with Gasteiger partial charge in [0.05, 0.1) is 11.1 Å². The van der Waals surface area contributed by atoms with E-state index >= 15 is 0 Å². The quantitative estimate of drug-likeness (QED) is 0.576. The number of thioether (sulfide) groups is 1. The van der Waals surface area contributed by atoms with E-state index in [0.717, 1.165) is 0 Å². The summed E-state index contributed by atoms with van der Waals surface area (Å²) in [6, 6.07) is 0. The molecule has 1 aromatic heterocycles. The van der Waals surface area contributed by atoms with Crippen LogP contribution in [-0.2, 0) is 12.0 Å². The largest absolute Gasteiger partial charge is 1.00 e. The summed E-state index contributed by atoms with van der Waals surface area (Å²) < 4.78 is 3.95. The van der Waals surface area contributed by atoms with Crippen LogP contribution in [0.25, 0.3) is 0 Å². The van der Waals surface area contributed by atoms with Crippen molar-refractivity contribution in [1.82, 2.24) is 0 Å². The summed E-state index contributed by atoms with van der Waals surface area (Å²) in [7, 11) is 0. The van der Waals surface area contributed by atoms with Crippen molar-refractivity contribution in [3.63, 3.8) is 0 Å². The average Bonchev–Trinajstić information content (AvgIpc) is 2.37. The molecule has 74 valence electrons. The molecule has 0 bridgehead atoms. The third-order valence-electron chi connectivity index (χ3n) is 2.09. The van der Waals surface area contributed by atoms with Gasteiger partial charge in [0.1, 0.15) is 0 Å². The average molecular weight is 280 g/mol. The maximum Gasteiger partial charge on any atom is 0.297 e. The molecule has 0 N–H and O–H groups in total. The van der Waals surface area contributed by atoms with Crippen molar-refractivity contribution in [2.45, 2.75) is 37.1 Å². The van der Waals surface area contributed by atoms with E-state index in [9.17, 15) is 0 Å². The van der Waals surface area contributed by atoms with E-state index < -0.39 is 0 Å². The molecule has 1 aliphatic heterocycles. The molecule has 1 aliphatic rings. The first-order chi connectivity index (χ1) is 5.59. The molecule has 2 heterocycles. The molecule has 0 saturated carbocycles. The summed E-state index contributed by atoms with van der Waals surface area (Å²) in [4.78, 5) is 0. The monoisotopic (exact) mass is 279 g/mol. The van der Waals surface area contributed by atoms with E-state index in [1.54, 1.807) is 0 Å². The molecule has 0 unspecified atom stereocenters. The lowest BCUT2D eigenvalue weighted by Gasteiger charge is -2.12. The molecule has 0 spiro atoms. The van der Waals surface area contributed by atoms with Crippen molar-refractivity contribution in [1.29, 1.82) is 0 Å². The van der Waals surface area contributed by atoms with Gasteiger partial charge in [-0.1, -0.05) is 32.1 Å². The Kier molecular flexibility index (Phi) is 3.47. The summed E-state index contributed by atoms with van der Waals surface area (Å²) in [6.45, 7) is 8.05. The van der Waals surface area contributed by atoms with Crippen LogP contribution in [0.5, 0.6) is 0 Å². The van der Waals surface area contributed by atoms with Gasteiger partial charge in [-0.05, 0) is 11.8 Å². The maximum atomic E-state index is 2.47. The lowest BCUT2D eigenvalue weighted by molar-refractivity contribution is -0.726. The van der Waals surface area contributed by atoms with Crippen molar-refractivity contribution in [3.05, 3.63) is 11.1 Å². The Balaban J connectivity index is 0.000000845. The second kappa shape index (κ2) is 3.91. The molecule has 0 aromatic carbocycles. The van der Waals surface area contributed by atoms with Crippen molar-refractivity contribution >= 4 is 23.1 Å². The van der Waals surface area contributed by atoms with Gasteiger partial charge in [0.15, 0.2) is 12.2 Å². The molecular weight excluding hydrogens is 266 g/mol. The predicted octanol–water partition coefficient (Wildman–Crippen LogP) is -0.557. The minimum Gasteiger partial charge on any atom is -1.00 e. The minimum absolute atomic E-state index is 0. The number of halogens is 1. The van der Waals surface area contributed by atoms with Gasteiger partial charge in [0.25, 0.3) is 4.34 Å². The van der Waals surface area contributed by atoms with Gasteiger partial charge >= 0.3 is 0 Å². The fourth-order valence-corrected chi connectivity index (χ4v) is 3.93. The molecule has 0 radical (unpaired) electrons. The van der Waals surface area contributed by atoms with E-state index in [1.807, 2.05) is 23.1 Å². The summed E-state index contributed by atoms with van der Waals surface area (Å²) in [6.07, 6.45) is 0. The van der Waals surface area contributed by atoms with Crippen molar-refractivity contribution < 1.29 is 21.5 Å². The Morgan fingerprint density at radius 1 is 1.38 bits per heavy atom. The highest BCUT2D eigenvalue weighted by Gasteiger charge is 2.33. The third-order valence-corrected chi connectivity index (χ3v) is 4.35. The first-order valence-corrected chi connectivity index (χ1v) is 6.10.